The Labute approximate surface area is 117 Å². The van der Waals surface area contributed by atoms with Crippen molar-refractivity contribution in [3.05, 3.63) is 12.3 Å². The zero-order valence-corrected chi connectivity index (χ0v) is 11.6. The molecule has 1 aromatic heterocycles. The molecule has 108 valence electrons. The summed E-state index contributed by atoms with van der Waals surface area (Å²) in [5.74, 6) is 1.22. The summed E-state index contributed by atoms with van der Waals surface area (Å²) in [5, 5.41) is 3.01. The molecular formula is C13H19N5O2. The number of urea groups is 1. The van der Waals surface area contributed by atoms with Gasteiger partial charge in [-0.2, -0.15) is 4.98 Å². The number of amides is 2. The molecule has 2 aliphatic rings. The van der Waals surface area contributed by atoms with Crippen molar-refractivity contribution in [3.8, 4) is 5.88 Å². The summed E-state index contributed by atoms with van der Waals surface area (Å²) in [4.78, 5) is 24.4. The van der Waals surface area contributed by atoms with E-state index in [1.54, 1.807) is 19.4 Å². The Balaban J connectivity index is 1.55. The Morgan fingerprint density at radius 3 is 2.75 bits per heavy atom. The minimum Gasteiger partial charge on any atom is -0.481 e. The summed E-state index contributed by atoms with van der Waals surface area (Å²) in [6, 6.07) is 2.18. The summed E-state index contributed by atoms with van der Waals surface area (Å²) in [6.07, 6.45) is 3.92. The van der Waals surface area contributed by atoms with Gasteiger partial charge < -0.3 is 19.9 Å². The first kappa shape index (κ1) is 13.0. The molecule has 0 bridgehead atoms. The Bertz CT molecular complexity index is 483. The second-order valence-electron chi connectivity index (χ2n) is 5.10. The zero-order valence-electron chi connectivity index (χ0n) is 11.6. The molecule has 7 nitrogen and oxygen atoms in total. The van der Waals surface area contributed by atoms with Crippen molar-refractivity contribution in [3.63, 3.8) is 0 Å². The van der Waals surface area contributed by atoms with Crippen LogP contribution in [0.3, 0.4) is 0 Å². The van der Waals surface area contributed by atoms with Gasteiger partial charge >= 0.3 is 6.03 Å². The van der Waals surface area contributed by atoms with Crippen LogP contribution in [0.25, 0.3) is 0 Å². The third-order valence-electron chi connectivity index (χ3n) is 3.58. The number of carbonyl (C=O) groups is 1. The van der Waals surface area contributed by atoms with Crippen LogP contribution in [-0.4, -0.2) is 60.2 Å². The summed E-state index contributed by atoms with van der Waals surface area (Å²) in [5.41, 5.74) is 0. The van der Waals surface area contributed by atoms with Crippen molar-refractivity contribution < 1.29 is 9.53 Å². The van der Waals surface area contributed by atoms with Gasteiger partial charge in [-0.25, -0.2) is 9.78 Å². The SMILES string of the molecule is COc1ccnc(N2CCN(C(=O)NC3CC3)CC2)n1. The molecule has 2 heterocycles. The van der Waals surface area contributed by atoms with Gasteiger partial charge in [0.15, 0.2) is 0 Å². The number of ether oxygens (including phenoxy) is 1. The quantitative estimate of drug-likeness (QED) is 0.870. The molecule has 2 amide bonds. The summed E-state index contributed by atoms with van der Waals surface area (Å²) < 4.78 is 5.10. The monoisotopic (exact) mass is 277 g/mol. The highest BCUT2D eigenvalue weighted by Crippen LogP contribution is 2.19. The Hall–Kier alpha value is -2.05. The maximum Gasteiger partial charge on any atom is 0.317 e. The van der Waals surface area contributed by atoms with E-state index in [1.165, 1.54) is 0 Å². The van der Waals surface area contributed by atoms with Gasteiger partial charge in [-0.05, 0) is 12.8 Å². The fourth-order valence-corrected chi connectivity index (χ4v) is 2.20. The number of methoxy groups -OCH3 is 1. The number of hydrogen-bond donors (Lipinski definition) is 1. The third kappa shape index (κ3) is 2.92. The van der Waals surface area contributed by atoms with Crippen LogP contribution in [0.1, 0.15) is 12.8 Å². The highest BCUT2D eigenvalue weighted by Gasteiger charge is 2.28. The van der Waals surface area contributed by atoms with E-state index >= 15 is 0 Å². The van der Waals surface area contributed by atoms with Gasteiger partial charge in [-0.3, -0.25) is 0 Å². The summed E-state index contributed by atoms with van der Waals surface area (Å²) in [6.45, 7) is 2.87. The molecule has 0 aromatic carbocycles. The van der Waals surface area contributed by atoms with Crippen molar-refractivity contribution >= 4 is 12.0 Å². The predicted molar refractivity (Wildman–Crippen MR) is 73.9 cm³/mol. The lowest BCUT2D eigenvalue weighted by Gasteiger charge is -2.34. The third-order valence-corrected chi connectivity index (χ3v) is 3.58. The Kier molecular flexibility index (Phi) is 3.58. The highest BCUT2D eigenvalue weighted by atomic mass is 16.5. The standard InChI is InChI=1S/C13H19N5O2/c1-20-11-4-5-14-12(16-11)17-6-8-18(9-7-17)13(19)15-10-2-3-10/h4-5,10H,2-3,6-9H2,1H3,(H,15,19). The van der Waals surface area contributed by atoms with Crippen LogP contribution in [0.4, 0.5) is 10.7 Å². The fraction of sp³-hybridized carbons (Fsp3) is 0.615. The van der Waals surface area contributed by atoms with Crippen LogP contribution in [0.15, 0.2) is 12.3 Å². The summed E-state index contributed by atoms with van der Waals surface area (Å²) >= 11 is 0. The first-order valence-corrected chi connectivity index (χ1v) is 6.93. The van der Waals surface area contributed by atoms with Gasteiger partial charge in [0.2, 0.25) is 11.8 Å². The van der Waals surface area contributed by atoms with E-state index in [-0.39, 0.29) is 6.03 Å². The number of nitrogens with one attached hydrogen (secondary N) is 1. The molecule has 1 aliphatic heterocycles. The van der Waals surface area contributed by atoms with Crippen molar-refractivity contribution in [2.24, 2.45) is 0 Å². The first-order chi connectivity index (χ1) is 9.76. The van der Waals surface area contributed by atoms with E-state index in [0.29, 0.717) is 31.0 Å². The van der Waals surface area contributed by atoms with E-state index in [9.17, 15) is 4.79 Å². The van der Waals surface area contributed by atoms with Gasteiger partial charge in [0, 0.05) is 44.5 Å². The molecule has 0 radical (unpaired) electrons. The van der Waals surface area contributed by atoms with Crippen molar-refractivity contribution in [1.82, 2.24) is 20.2 Å². The number of hydrogen-bond acceptors (Lipinski definition) is 5. The second kappa shape index (κ2) is 5.52. The molecule has 3 rings (SSSR count). The summed E-state index contributed by atoms with van der Waals surface area (Å²) in [7, 11) is 1.59. The van der Waals surface area contributed by atoms with E-state index in [4.69, 9.17) is 4.74 Å². The Morgan fingerprint density at radius 1 is 1.35 bits per heavy atom. The average Bonchev–Trinajstić information content (AvgIpc) is 3.31. The van der Waals surface area contributed by atoms with Crippen LogP contribution in [0.5, 0.6) is 5.88 Å². The van der Waals surface area contributed by atoms with Gasteiger partial charge in [-0.1, -0.05) is 0 Å². The lowest BCUT2D eigenvalue weighted by atomic mass is 10.3. The van der Waals surface area contributed by atoms with Crippen molar-refractivity contribution in [1.29, 1.82) is 0 Å². The Morgan fingerprint density at radius 2 is 2.10 bits per heavy atom. The van der Waals surface area contributed by atoms with Crippen LogP contribution < -0.4 is 15.0 Å². The minimum atomic E-state index is 0.0544. The van der Waals surface area contributed by atoms with Crippen LogP contribution in [-0.2, 0) is 0 Å². The first-order valence-electron chi connectivity index (χ1n) is 6.93. The molecule has 1 aliphatic carbocycles. The zero-order chi connectivity index (χ0) is 13.9. The lowest BCUT2D eigenvalue weighted by molar-refractivity contribution is 0.193. The topological polar surface area (TPSA) is 70.6 Å². The normalized spacial score (nSPS) is 18.9. The van der Waals surface area contributed by atoms with Crippen LogP contribution >= 0.6 is 0 Å². The predicted octanol–water partition coefficient (Wildman–Crippen LogP) is 0.479. The maximum atomic E-state index is 11.9. The fourth-order valence-electron chi connectivity index (χ4n) is 2.20. The smallest absolute Gasteiger partial charge is 0.317 e. The molecule has 0 atom stereocenters. The molecule has 0 unspecified atom stereocenters. The molecule has 1 saturated heterocycles. The number of aromatic nitrogens is 2. The van der Waals surface area contributed by atoms with Crippen molar-refractivity contribution in [2.75, 3.05) is 38.2 Å². The minimum absolute atomic E-state index is 0.0544. The van der Waals surface area contributed by atoms with E-state index < -0.39 is 0 Å². The number of anilines is 1. The average molecular weight is 277 g/mol. The molecule has 1 N–H and O–H groups in total. The van der Waals surface area contributed by atoms with Gasteiger partial charge in [0.05, 0.1) is 7.11 Å². The van der Waals surface area contributed by atoms with Gasteiger partial charge in [-0.15, -0.1) is 0 Å². The van der Waals surface area contributed by atoms with Crippen molar-refractivity contribution in [2.45, 2.75) is 18.9 Å². The molecule has 0 spiro atoms. The van der Waals surface area contributed by atoms with E-state index in [1.807, 2.05) is 4.90 Å². The molecule has 1 saturated carbocycles. The lowest BCUT2D eigenvalue weighted by Crippen LogP contribution is -2.52. The van der Waals surface area contributed by atoms with E-state index in [2.05, 4.69) is 20.2 Å². The second-order valence-corrected chi connectivity index (χ2v) is 5.10. The van der Waals surface area contributed by atoms with E-state index in [0.717, 1.165) is 25.9 Å². The largest absolute Gasteiger partial charge is 0.481 e. The molecule has 20 heavy (non-hydrogen) atoms. The molecule has 2 fully saturated rings. The van der Waals surface area contributed by atoms with Crippen LogP contribution in [0, 0.1) is 0 Å². The van der Waals surface area contributed by atoms with Crippen LogP contribution in [0.2, 0.25) is 0 Å². The number of carbonyl (C=O) groups excluding carboxylic acids is 1. The highest BCUT2D eigenvalue weighted by molar-refractivity contribution is 5.75. The number of piperazine rings is 1. The maximum absolute atomic E-state index is 11.9. The number of rotatable bonds is 3. The molecule has 1 aromatic rings. The molecule has 7 heteroatoms. The molecular weight excluding hydrogens is 258 g/mol. The van der Waals surface area contributed by atoms with Gasteiger partial charge in [0.25, 0.3) is 0 Å². The number of nitrogens with zero attached hydrogens (tertiary/aromatic N) is 4. The van der Waals surface area contributed by atoms with Gasteiger partial charge in [0.1, 0.15) is 0 Å².